The highest BCUT2D eigenvalue weighted by Crippen LogP contribution is 2.55. The van der Waals surface area contributed by atoms with Crippen molar-refractivity contribution in [1.82, 2.24) is 0 Å². The van der Waals surface area contributed by atoms with E-state index in [9.17, 15) is 0 Å². The third kappa shape index (κ3) is 5.71. The van der Waals surface area contributed by atoms with Crippen molar-refractivity contribution in [3.05, 3.63) is 223 Å². The van der Waals surface area contributed by atoms with Crippen molar-refractivity contribution < 1.29 is 4.42 Å². The summed E-state index contributed by atoms with van der Waals surface area (Å²) in [5.74, 6) is 0. The Morgan fingerprint density at radius 2 is 0.915 bits per heavy atom. The van der Waals surface area contributed by atoms with E-state index in [-0.39, 0.29) is 5.41 Å². The molecule has 59 heavy (non-hydrogen) atoms. The van der Waals surface area contributed by atoms with E-state index in [0.29, 0.717) is 0 Å². The molecule has 2 nitrogen and oxygen atoms in total. The van der Waals surface area contributed by atoms with Crippen molar-refractivity contribution in [3.8, 4) is 55.6 Å². The molecule has 0 radical (unpaired) electrons. The third-order valence-electron chi connectivity index (χ3n) is 12.3. The largest absolute Gasteiger partial charge is 0.456 e. The lowest BCUT2D eigenvalue weighted by atomic mass is 9.81. The molecule has 1 aliphatic rings. The van der Waals surface area contributed by atoms with Gasteiger partial charge in [-0.15, -0.1) is 0 Å². The number of hydrogen-bond donors (Lipinski definition) is 0. The molecule has 10 aromatic rings. The Hall–Kier alpha value is -7.42. The van der Waals surface area contributed by atoms with Crippen LogP contribution in [-0.2, 0) is 5.41 Å². The Morgan fingerprint density at radius 1 is 0.356 bits per heavy atom. The first-order valence-corrected chi connectivity index (χ1v) is 20.4. The van der Waals surface area contributed by atoms with Crippen LogP contribution in [-0.4, -0.2) is 0 Å². The van der Waals surface area contributed by atoms with Crippen molar-refractivity contribution in [3.63, 3.8) is 0 Å². The predicted octanol–water partition coefficient (Wildman–Crippen LogP) is 16.0. The summed E-state index contributed by atoms with van der Waals surface area (Å²) in [6, 6.07) is 77.0. The van der Waals surface area contributed by atoms with Crippen molar-refractivity contribution in [2.24, 2.45) is 0 Å². The van der Waals surface area contributed by atoms with E-state index in [1.165, 1.54) is 38.9 Å². The van der Waals surface area contributed by atoms with Gasteiger partial charge in [-0.05, 0) is 98.1 Å². The summed E-state index contributed by atoms with van der Waals surface area (Å²) in [6.07, 6.45) is 0. The van der Waals surface area contributed by atoms with E-state index in [4.69, 9.17) is 4.42 Å². The molecule has 11 rings (SSSR count). The smallest absolute Gasteiger partial charge is 0.136 e. The lowest BCUT2D eigenvalue weighted by Crippen LogP contribution is -2.14. The summed E-state index contributed by atoms with van der Waals surface area (Å²) >= 11 is 0. The van der Waals surface area contributed by atoms with Crippen LogP contribution in [0, 0.1) is 0 Å². The van der Waals surface area contributed by atoms with Gasteiger partial charge in [-0.1, -0.05) is 184 Å². The quantitative estimate of drug-likeness (QED) is 0.161. The number of furan rings is 1. The van der Waals surface area contributed by atoms with Crippen molar-refractivity contribution >= 4 is 39.0 Å². The van der Waals surface area contributed by atoms with Gasteiger partial charge in [0.25, 0.3) is 0 Å². The minimum Gasteiger partial charge on any atom is -0.456 e. The Kier molecular flexibility index (Phi) is 8.20. The van der Waals surface area contributed by atoms with Crippen LogP contribution in [0.1, 0.15) is 25.0 Å². The van der Waals surface area contributed by atoms with Gasteiger partial charge in [0.15, 0.2) is 0 Å². The molecular formula is C57H41NO. The number of fused-ring (bicyclic) bond motifs is 6. The van der Waals surface area contributed by atoms with Gasteiger partial charge in [-0.2, -0.15) is 0 Å². The molecule has 0 unspecified atom stereocenters. The topological polar surface area (TPSA) is 16.4 Å². The average Bonchev–Trinajstić information content (AvgIpc) is 3.78. The second-order valence-electron chi connectivity index (χ2n) is 16.0. The fourth-order valence-corrected chi connectivity index (χ4v) is 9.51. The van der Waals surface area contributed by atoms with Crippen LogP contribution < -0.4 is 4.90 Å². The maximum absolute atomic E-state index is 6.37. The minimum atomic E-state index is -0.112. The fourth-order valence-electron chi connectivity index (χ4n) is 9.51. The number of benzene rings is 9. The van der Waals surface area contributed by atoms with Gasteiger partial charge < -0.3 is 9.32 Å². The van der Waals surface area contributed by atoms with Crippen molar-refractivity contribution in [1.29, 1.82) is 0 Å². The fraction of sp³-hybridized carbons (Fsp3) is 0.0526. The first-order valence-electron chi connectivity index (χ1n) is 20.4. The summed E-state index contributed by atoms with van der Waals surface area (Å²) in [5, 5.41) is 2.26. The molecule has 1 aliphatic carbocycles. The third-order valence-corrected chi connectivity index (χ3v) is 12.3. The highest BCUT2D eigenvalue weighted by atomic mass is 16.3. The normalized spacial score (nSPS) is 12.7. The van der Waals surface area contributed by atoms with Gasteiger partial charge in [0, 0.05) is 33.0 Å². The SMILES string of the molecule is CC1(C)c2ccccc2-c2c(-c3cccc(N(c4cccc(-c5ccc6c(c5)oc5ccccc56)c4)c4ccccc4-c4ccccc4)c3-c3ccccc3)cccc21. The maximum atomic E-state index is 6.37. The molecule has 0 atom stereocenters. The second kappa shape index (κ2) is 13.9. The van der Waals surface area contributed by atoms with Gasteiger partial charge in [0.1, 0.15) is 11.2 Å². The number of hydrogen-bond acceptors (Lipinski definition) is 2. The molecule has 280 valence electrons. The first-order chi connectivity index (χ1) is 29.0. The zero-order chi connectivity index (χ0) is 39.5. The highest BCUT2D eigenvalue weighted by Gasteiger charge is 2.37. The summed E-state index contributed by atoms with van der Waals surface area (Å²) in [4.78, 5) is 2.47. The Labute approximate surface area is 345 Å². The summed E-state index contributed by atoms with van der Waals surface area (Å²) < 4.78 is 6.37. The molecular weight excluding hydrogens is 715 g/mol. The molecule has 0 spiro atoms. The van der Waals surface area contributed by atoms with Crippen LogP contribution in [0.25, 0.3) is 77.6 Å². The van der Waals surface area contributed by atoms with Crippen LogP contribution in [0.3, 0.4) is 0 Å². The van der Waals surface area contributed by atoms with Gasteiger partial charge in [0.2, 0.25) is 0 Å². The molecule has 2 heteroatoms. The van der Waals surface area contributed by atoms with E-state index in [1.807, 2.05) is 12.1 Å². The second-order valence-corrected chi connectivity index (χ2v) is 16.0. The molecule has 0 N–H and O–H groups in total. The Balaban J connectivity index is 1.18. The molecule has 9 aromatic carbocycles. The molecule has 1 aromatic heterocycles. The molecule has 0 fully saturated rings. The molecule has 0 amide bonds. The van der Waals surface area contributed by atoms with Crippen LogP contribution in [0.2, 0.25) is 0 Å². The predicted molar refractivity (Wildman–Crippen MR) is 248 cm³/mol. The van der Waals surface area contributed by atoms with E-state index >= 15 is 0 Å². The van der Waals surface area contributed by atoms with Gasteiger partial charge >= 0.3 is 0 Å². The molecule has 0 bridgehead atoms. The van der Waals surface area contributed by atoms with Crippen molar-refractivity contribution in [2.45, 2.75) is 19.3 Å². The van der Waals surface area contributed by atoms with Crippen molar-refractivity contribution in [2.75, 3.05) is 4.90 Å². The lowest BCUT2D eigenvalue weighted by molar-refractivity contribution is 0.660. The molecule has 0 saturated carbocycles. The van der Waals surface area contributed by atoms with Gasteiger partial charge in [0.05, 0.1) is 11.4 Å². The van der Waals surface area contributed by atoms with Crippen LogP contribution in [0.4, 0.5) is 17.1 Å². The Bertz CT molecular complexity index is 3190. The van der Waals surface area contributed by atoms with E-state index in [1.54, 1.807) is 0 Å². The molecule has 0 saturated heterocycles. The number of anilines is 3. The van der Waals surface area contributed by atoms with Crippen LogP contribution in [0.5, 0.6) is 0 Å². The average molecular weight is 756 g/mol. The van der Waals surface area contributed by atoms with E-state index in [0.717, 1.165) is 66.8 Å². The Morgan fingerprint density at radius 3 is 1.75 bits per heavy atom. The van der Waals surface area contributed by atoms with E-state index < -0.39 is 0 Å². The summed E-state index contributed by atoms with van der Waals surface area (Å²) in [5.41, 5.74) is 19.6. The number of rotatable bonds is 7. The number of para-hydroxylation sites is 2. The summed E-state index contributed by atoms with van der Waals surface area (Å²) in [6.45, 7) is 4.72. The van der Waals surface area contributed by atoms with Crippen LogP contribution >= 0.6 is 0 Å². The molecule has 0 aliphatic heterocycles. The zero-order valence-electron chi connectivity index (χ0n) is 33.1. The van der Waals surface area contributed by atoms with Gasteiger partial charge in [-0.3, -0.25) is 0 Å². The van der Waals surface area contributed by atoms with Crippen LogP contribution in [0.15, 0.2) is 217 Å². The standard InChI is InChI=1S/C57H41NO/c1-57(2)49-29-12-9-26-48(49)56-47(27-16-30-50(56)57)46-28-17-32-52(55(46)39-20-7-4-8-21-39)58(51-31-13-10-24-43(51)38-18-5-3-6-19-38)42-23-15-22-40(36-42)41-34-35-45-44-25-11-14-33-53(44)59-54(45)37-41/h3-37H,1-2H3. The summed E-state index contributed by atoms with van der Waals surface area (Å²) in [7, 11) is 0. The first kappa shape index (κ1) is 34.8. The minimum absolute atomic E-state index is 0.112. The zero-order valence-corrected chi connectivity index (χ0v) is 33.1. The van der Waals surface area contributed by atoms with E-state index in [2.05, 4.69) is 219 Å². The lowest BCUT2D eigenvalue weighted by Gasteiger charge is -2.31. The van der Waals surface area contributed by atoms with Gasteiger partial charge in [-0.25, -0.2) is 0 Å². The molecule has 1 heterocycles. The highest BCUT2D eigenvalue weighted by molar-refractivity contribution is 6.06. The number of nitrogens with zero attached hydrogens (tertiary/aromatic N) is 1. The maximum Gasteiger partial charge on any atom is 0.136 e. The monoisotopic (exact) mass is 755 g/mol.